The average molecular weight is 295 g/mol. The minimum absolute atomic E-state index is 0.665. The maximum absolute atomic E-state index is 6.12. The molecule has 0 saturated heterocycles. The lowest BCUT2D eigenvalue weighted by Gasteiger charge is -2.01. The van der Waals surface area contributed by atoms with Crippen molar-refractivity contribution in [2.45, 2.75) is 10.1 Å². The van der Waals surface area contributed by atoms with Crippen LogP contribution in [0.3, 0.4) is 0 Å². The van der Waals surface area contributed by atoms with Gasteiger partial charge < -0.3 is 4.98 Å². The molecule has 1 aromatic heterocycles. The van der Waals surface area contributed by atoms with Crippen LogP contribution < -0.4 is 0 Å². The molecule has 0 saturated carbocycles. The van der Waals surface area contributed by atoms with Crippen molar-refractivity contribution in [3.63, 3.8) is 0 Å². The van der Waals surface area contributed by atoms with Crippen molar-refractivity contribution in [3.8, 4) is 0 Å². The lowest BCUT2D eigenvalue weighted by atomic mass is 10.3. The predicted octanol–water partition coefficient (Wildman–Crippen LogP) is 5.02. The van der Waals surface area contributed by atoms with E-state index in [9.17, 15) is 0 Å². The van der Waals surface area contributed by atoms with Crippen molar-refractivity contribution in [2.75, 3.05) is 0 Å². The molecular formula is C13H8Cl2N2S. The van der Waals surface area contributed by atoms with Crippen LogP contribution in [0.1, 0.15) is 0 Å². The monoisotopic (exact) mass is 294 g/mol. The molecule has 1 heterocycles. The molecule has 0 spiro atoms. The summed E-state index contributed by atoms with van der Waals surface area (Å²) in [6.07, 6.45) is 0. The Morgan fingerprint density at radius 1 is 1.06 bits per heavy atom. The van der Waals surface area contributed by atoms with E-state index in [1.165, 1.54) is 11.8 Å². The molecule has 0 aliphatic rings. The molecule has 3 rings (SSSR count). The number of imidazole rings is 1. The Hall–Kier alpha value is -1.16. The van der Waals surface area contributed by atoms with Crippen molar-refractivity contribution in [1.82, 2.24) is 9.97 Å². The van der Waals surface area contributed by atoms with E-state index < -0.39 is 0 Å². The molecule has 0 fully saturated rings. The van der Waals surface area contributed by atoms with Crippen molar-refractivity contribution < 1.29 is 0 Å². The summed E-state index contributed by atoms with van der Waals surface area (Å²) in [5.41, 5.74) is 1.95. The van der Waals surface area contributed by atoms with Gasteiger partial charge in [-0.05, 0) is 30.3 Å². The van der Waals surface area contributed by atoms with Gasteiger partial charge in [-0.15, -0.1) is 0 Å². The topological polar surface area (TPSA) is 28.7 Å². The van der Waals surface area contributed by atoms with Gasteiger partial charge in [0.15, 0.2) is 5.16 Å². The number of H-pyrrole nitrogens is 1. The molecule has 0 amide bonds. The quantitative estimate of drug-likeness (QED) is 0.719. The van der Waals surface area contributed by atoms with Crippen LogP contribution in [0, 0.1) is 0 Å². The summed E-state index contributed by atoms with van der Waals surface area (Å²) < 4.78 is 0. The second-order valence-corrected chi connectivity index (χ2v) is 5.61. The minimum atomic E-state index is 0.665. The Bertz CT molecular complexity index is 676. The molecule has 1 N–H and O–H groups in total. The number of halogens is 2. The number of rotatable bonds is 2. The molecule has 0 aliphatic heterocycles. The average Bonchev–Trinajstić information content (AvgIpc) is 2.76. The highest BCUT2D eigenvalue weighted by Crippen LogP contribution is 2.34. The van der Waals surface area contributed by atoms with Gasteiger partial charge in [0, 0.05) is 9.92 Å². The van der Waals surface area contributed by atoms with Crippen LogP contribution in [-0.2, 0) is 0 Å². The molecule has 18 heavy (non-hydrogen) atoms. The fourth-order valence-electron chi connectivity index (χ4n) is 1.64. The first-order valence-electron chi connectivity index (χ1n) is 5.30. The molecule has 0 atom stereocenters. The van der Waals surface area contributed by atoms with Gasteiger partial charge in [-0.1, -0.05) is 47.1 Å². The van der Waals surface area contributed by atoms with Crippen LogP contribution in [0.15, 0.2) is 52.5 Å². The van der Waals surface area contributed by atoms with Crippen LogP contribution >= 0.6 is 35.0 Å². The van der Waals surface area contributed by atoms with E-state index in [0.717, 1.165) is 21.1 Å². The molecule has 0 bridgehead atoms. The van der Waals surface area contributed by atoms with E-state index >= 15 is 0 Å². The van der Waals surface area contributed by atoms with Crippen molar-refractivity contribution in [1.29, 1.82) is 0 Å². The fourth-order valence-corrected chi connectivity index (χ4v) is 2.97. The first-order valence-corrected chi connectivity index (χ1v) is 6.87. The Morgan fingerprint density at radius 2 is 1.89 bits per heavy atom. The molecule has 5 heteroatoms. The second kappa shape index (κ2) is 4.84. The van der Waals surface area contributed by atoms with Crippen molar-refractivity contribution in [3.05, 3.63) is 52.5 Å². The second-order valence-electron chi connectivity index (χ2n) is 3.74. The molecule has 0 unspecified atom stereocenters. The van der Waals surface area contributed by atoms with Gasteiger partial charge in [0.25, 0.3) is 0 Å². The number of nitrogens with one attached hydrogen (secondary N) is 1. The smallest absolute Gasteiger partial charge is 0.171 e. The van der Waals surface area contributed by atoms with Gasteiger partial charge in [-0.25, -0.2) is 4.98 Å². The Labute approximate surface area is 118 Å². The molecule has 2 aromatic carbocycles. The highest BCUT2D eigenvalue weighted by atomic mass is 35.5. The minimum Gasteiger partial charge on any atom is -0.333 e. The summed E-state index contributed by atoms with van der Waals surface area (Å²) in [4.78, 5) is 8.62. The number of para-hydroxylation sites is 2. The third kappa shape index (κ3) is 2.34. The zero-order valence-electron chi connectivity index (χ0n) is 9.15. The first kappa shape index (κ1) is 11.9. The SMILES string of the molecule is Clc1ccc(Cl)c(Sc2nc3ccccc3[nH]2)c1. The summed E-state index contributed by atoms with van der Waals surface area (Å²) in [6.45, 7) is 0. The third-order valence-electron chi connectivity index (χ3n) is 2.47. The first-order chi connectivity index (χ1) is 8.72. The summed E-state index contributed by atoms with van der Waals surface area (Å²) in [5, 5.41) is 2.14. The third-order valence-corrected chi connectivity index (χ3v) is 4.09. The maximum atomic E-state index is 6.12. The van der Waals surface area contributed by atoms with Crippen LogP contribution in [0.4, 0.5) is 0 Å². The van der Waals surface area contributed by atoms with E-state index in [1.807, 2.05) is 30.3 Å². The lowest BCUT2D eigenvalue weighted by molar-refractivity contribution is 1.08. The number of fused-ring (bicyclic) bond motifs is 1. The zero-order valence-corrected chi connectivity index (χ0v) is 11.5. The zero-order chi connectivity index (χ0) is 12.5. The van der Waals surface area contributed by atoms with Crippen LogP contribution in [0.5, 0.6) is 0 Å². The fraction of sp³-hybridized carbons (Fsp3) is 0. The summed E-state index contributed by atoms with van der Waals surface area (Å²) >= 11 is 13.6. The largest absolute Gasteiger partial charge is 0.333 e. The summed E-state index contributed by atoms with van der Waals surface area (Å²) in [5.74, 6) is 0. The molecule has 2 nitrogen and oxygen atoms in total. The molecule has 3 aromatic rings. The van der Waals surface area contributed by atoms with E-state index in [2.05, 4.69) is 9.97 Å². The standard InChI is InChI=1S/C13H8Cl2N2S/c14-8-5-6-9(15)12(7-8)18-13-16-10-3-1-2-4-11(10)17-13/h1-7H,(H,16,17). The van der Waals surface area contributed by atoms with Gasteiger partial charge in [-0.3, -0.25) is 0 Å². The van der Waals surface area contributed by atoms with Crippen molar-refractivity contribution in [2.24, 2.45) is 0 Å². The molecular weight excluding hydrogens is 287 g/mol. The van der Waals surface area contributed by atoms with E-state index in [0.29, 0.717) is 10.0 Å². The van der Waals surface area contributed by atoms with Gasteiger partial charge in [0.1, 0.15) is 0 Å². The number of hydrogen-bond acceptors (Lipinski definition) is 2. The van der Waals surface area contributed by atoms with Gasteiger partial charge in [0.2, 0.25) is 0 Å². The van der Waals surface area contributed by atoms with Gasteiger partial charge in [0.05, 0.1) is 16.1 Å². The van der Waals surface area contributed by atoms with E-state index in [1.54, 1.807) is 12.1 Å². The number of aromatic nitrogens is 2. The van der Waals surface area contributed by atoms with E-state index in [-0.39, 0.29) is 0 Å². The Kier molecular flexibility index (Phi) is 3.20. The van der Waals surface area contributed by atoms with Crippen LogP contribution in [0.2, 0.25) is 10.0 Å². The predicted molar refractivity (Wildman–Crippen MR) is 76.7 cm³/mol. The molecule has 0 radical (unpaired) electrons. The lowest BCUT2D eigenvalue weighted by Crippen LogP contribution is -1.78. The highest BCUT2D eigenvalue weighted by molar-refractivity contribution is 7.99. The normalized spacial score (nSPS) is 11.0. The van der Waals surface area contributed by atoms with Crippen LogP contribution in [0.25, 0.3) is 11.0 Å². The molecule has 90 valence electrons. The van der Waals surface area contributed by atoms with E-state index in [4.69, 9.17) is 23.2 Å². The maximum Gasteiger partial charge on any atom is 0.171 e. The number of aromatic amines is 1. The van der Waals surface area contributed by atoms with Gasteiger partial charge >= 0.3 is 0 Å². The molecule has 0 aliphatic carbocycles. The van der Waals surface area contributed by atoms with Gasteiger partial charge in [-0.2, -0.15) is 0 Å². The number of hydrogen-bond donors (Lipinski definition) is 1. The number of nitrogens with zero attached hydrogens (tertiary/aromatic N) is 1. The summed E-state index contributed by atoms with van der Waals surface area (Å²) in [6, 6.07) is 13.3. The van der Waals surface area contributed by atoms with Crippen molar-refractivity contribution >= 4 is 46.0 Å². The number of benzene rings is 2. The highest BCUT2D eigenvalue weighted by Gasteiger charge is 2.07. The Balaban J connectivity index is 1.98. The Morgan fingerprint density at radius 3 is 2.72 bits per heavy atom. The van der Waals surface area contributed by atoms with Crippen LogP contribution in [-0.4, -0.2) is 9.97 Å². The summed E-state index contributed by atoms with van der Waals surface area (Å²) in [7, 11) is 0.